The zero-order chi connectivity index (χ0) is 13.0. The Kier molecular flexibility index (Phi) is 3.81. The molecule has 2 aromatic rings. The van der Waals surface area contributed by atoms with Crippen molar-refractivity contribution in [2.24, 2.45) is 0 Å². The first kappa shape index (κ1) is 12.4. The molecule has 7 heteroatoms. The minimum atomic E-state index is 0.611. The lowest BCUT2D eigenvalue weighted by Crippen LogP contribution is -2.12. The predicted octanol–water partition coefficient (Wildman–Crippen LogP) is 1.22. The number of nitrogens with two attached hydrogens (primary N) is 1. The molecule has 7 nitrogen and oxygen atoms in total. The van der Waals surface area contributed by atoms with Crippen molar-refractivity contribution in [1.29, 1.82) is 0 Å². The molecule has 2 heterocycles. The first-order valence-corrected chi connectivity index (χ1v) is 6.04. The third-order valence-corrected chi connectivity index (χ3v) is 2.65. The molecule has 0 bridgehead atoms. The quantitative estimate of drug-likeness (QED) is 0.800. The van der Waals surface area contributed by atoms with Crippen molar-refractivity contribution < 1.29 is 4.52 Å². The van der Waals surface area contributed by atoms with E-state index in [9.17, 15) is 0 Å². The van der Waals surface area contributed by atoms with Gasteiger partial charge in [-0.25, -0.2) is 4.68 Å². The van der Waals surface area contributed by atoms with E-state index in [-0.39, 0.29) is 0 Å². The standard InChI is InChI=1S/C11H18N6O/c1-3-6-17-11(10(12)8(2)16-17)13-5-4-9-14-7-15-18-9/h7,13H,3-6,12H2,1-2H3. The van der Waals surface area contributed by atoms with Crippen molar-refractivity contribution in [2.75, 3.05) is 17.6 Å². The fourth-order valence-corrected chi connectivity index (χ4v) is 1.75. The molecule has 0 spiro atoms. The van der Waals surface area contributed by atoms with Crippen LogP contribution in [0.3, 0.4) is 0 Å². The van der Waals surface area contributed by atoms with E-state index in [2.05, 4.69) is 27.5 Å². The highest BCUT2D eigenvalue weighted by molar-refractivity contribution is 5.64. The smallest absolute Gasteiger partial charge is 0.228 e. The number of nitrogen functional groups attached to an aromatic ring is 1. The molecule has 2 rings (SSSR count). The molecule has 0 aliphatic heterocycles. The third-order valence-electron chi connectivity index (χ3n) is 2.65. The van der Waals surface area contributed by atoms with Gasteiger partial charge >= 0.3 is 0 Å². The highest BCUT2D eigenvalue weighted by Crippen LogP contribution is 2.22. The van der Waals surface area contributed by atoms with Crippen molar-refractivity contribution in [3.63, 3.8) is 0 Å². The molecule has 0 saturated carbocycles. The van der Waals surface area contributed by atoms with Crippen molar-refractivity contribution in [1.82, 2.24) is 19.9 Å². The van der Waals surface area contributed by atoms with Gasteiger partial charge in [0.05, 0.1) is 11.4 Å². The van der Waals surface area contributed by atoms with Gasteiger partial charge in [-0.1, -0.05) is 12.1 Å². The lowest BCUT2D eigenvalue weighted by atomic mass is 10.3. The highest BCUT2D eigenvalue weighted by Gasteiger charge is 2.11. The predicted molar refractivity (Wildman–Crippen MR) is 68.2 cm³/mol. The Bertz CT molecular complexity index is 490. The fourth-order valence-electron chi connectivity index (χ4n) is 1.75. The van der Waals surface area contributed by atoms with Crippen molar-refractivity contribution in [2.45, 2.75) is 33.2 Å². The van der Waals surface area contributed by atoms with Crippen LogP contribution in [0, 0.1) is 6.92 Å². The van der Waals surface area contributed by atoms with Crippen LogP contribution in [0.1, 0.15) is 24.9 Å². The van der Waals surface area contributed by atoms with E-state index >= 15 is 0 Å². The number of hydrogen-bond acceptors (Lipinski definition) is 6. The van der Waals surface area contributed by atoms with Crippen LogP contribution < -0.4 is 11.1 Å². The second-order valence-electron chi connectivity index (χ2n) is 4.08. The van der Waals surface area contributed by atoms with Crippen LogP contribution >= 0.6 is 0 Å². The van der Waals surface area contributed by atoms with Crippen LogP contribution in [0.2, 0.25) is 0 Å². The van der Waals surface area contributed by atoms with E-state index in [0.29, 0.717) is 24.5 Å². The van der Waals surface area contributed by atoms with Gasteiger partial charge in [0.2, 0.25) is 5.89 Å². The first-order chi connectivity index (χ1) is 8.72. The molecule has 0 atom stereocenters. The molecule has 0 aliphatic rings. The summed E-state index contributed by atoms with van der Waals surface area (Å²) in [4.78, 5) is 3.96. The minimum absolute atomic E-state index is 0.611. The Morgan fingerprint density at radius 1 is 1.50 bits per heavy atom. The van der Waals surface area contributed by atoms with E-state index in [1.807, 2.05) is 11.6 Å². The molecule has 2 aromatic heterocycles. The average molecular weight is 250 g/mol. The van der Waals surface area contributed by atoms with Gasteiger partial charge in [-0.05, 0) is 13.3 Å². The highest BCUT2D eigenvalue weighted by atomic mass is 16.5. The average Bonchev–Trinajstić information content (AvgIpc) is 2.94. The van der Waals surface area contributed by atoms with Gasteiger partial charge < -0.3 is 15.6 Å². The molecule has 0 amide bonds. The van der Waals surface area contributed by atoms with Crippen LogP contribution in [-0.2, 0) is 13.0 Å². The molecule has 3 N–H and O–H groups in total. The Hall–Kier alpha value is -2.05. The van der Waals surface area contributed by atoms with E-state index in [1.165, 1.54) is 6.33 Å². The number of aromatic nitrogens is 4. The summed E-state index contributed by atoms with van der Waals surface area (Å²) in [6, 6.07) is 0. The van der Waals surface area contributed by atoms with Gasteiger partial charge in [-0.3, -0.25) is 0 Å². The lowest BCUT2D eigenvalue weighted by Gasteiger charge is -2.08. The second kappa shape index (κ2) is 5.52. The maximum atomic E-state index is 6.00. The summed E-state index contributed by atoms with van der Waals surface area (Å²) in [5.41, 5.74) is 7.55. The third kappa shape index (κ3) is 2.61. The van der Waals surface area contributed by atoms with Gasteiger partial charge in [0, 0.05) is 19.5 Å². The number of aryl methyl sites for hydroxylation is 2. The molecule has 0 aliphatic carbocycles. The Balaban J connectivity index is 1.99. The number of anilines is 2. The van der Waals surface area contributed by atoms with Crippen molar-refractivity contribution in [3.05, 3.63) is 17.9 Å². The van der Waals surface area contributed by atoms with Gasteiger partial charge in [-0.2, -0.15) is 10.1 Å². The summed E-state index contributed by atoms with van der Waals surface area (Å²) < 4.78 is 6.83. The molecule has 0 saturated heterocycles. The Morgan fingerprint density at radius 3 is 3.00 bits per heavy atom. The number of nitrogens with one attached hydrogen (secondary N) is 1. The monoisotopic (exact) mass is 250 g/mol. The van der Waals surface area contributed by atoms with Gasteiger partial charge in [0.25, 0.3) is 0 Å². The molecular formula is C11H18N6O. The van der Waals surface area contributed by atoms with Crippen LogP contribution in [0.15, 0.2) is 10.9 Å². The van der Waals surface area contributed by atoms with E-state index in [1.54, 1.807) is 0 Å². The molecule has 0 fully saturated rings. The Labute approximate surface area is 105 Å². The number of nitrogens with zero attached hydrogens (tertiary/aromatic N) is 4. The Morgan fingerprint density at radius 2 is 2.33 bits per heavy atom. The zero-order valence-electron chi connectivity index (χ0n) is 10.7. The second-order valence-corrected chi connectivity index (χ2v) is 4.08. The molecule has 18 heavy (non-hydrogen) atoms. The van der Waals surface area contributed by atoms with E-state index in [0.717, 1.165) is 24.5 Å². The lowest BCUT2D eigenvalue weighted by molar-refractivity contribution is 0.379. The topological polar surface area (TPSA) is 94.8 Å². The number of hydrogen-bond donors (Lipinski definition) is 2. The summed E-state index contributed by atoms with van der Waals surface area (Å²) >= 11 is 0. The van der Waals surface area contributed by atoms with Gasteiger partial charge in [0.1, 0.15) is 5.82 Å². The van der Waals surface area contributed by atoms with Gasteiger partial charge in [0.15, 0.2) is 6.33 Å². The molecule has 0 radical (unpaired) electrons. The summed E-state index contributed by atoms with van der Waals surface area (Å²) in [6.07, 6.45) is 3.07. The zero-order valence-corrected chi connectivity index (χ0v) is 10.7. The van der Waals surface area contributed by atoms with E-state index in [4.69, 9.17) is 10.3 Å². The molecule has 0 aromatic carbocycles. The van der Waals surface area contributed by atoms with Crippen molar-refractivity contribution >= 4 is 11.5 Å². The minimum Gasteiger partial charge on any atom is -0.394 e. The maximum absolute atomic E-state index is 6.00. The fraction of sp³-hybridized carbons (Fsp3) is 0.545. The number of rotatable bonds is 6. The first-order valence-electron chi connectivity index (χ1n) is 6.04. The van der Waals surface area contributed by atoms with E-state index < -0.39 is 0 Å². The summed E-state index contributed by atoms with van der Waals surface area (Å²) in [7, 11) is 0. The van der Waals surface area contributed by atoms with Crippen molar-refractivity contribution in [3.8, 4) is 0 Å². The normalized spacial score (nSPS) is 10.8. The SMILES string of the molecule is CCCn1nc(C)c(N)c1NCCc1ncno1. The largest absolute Gasteiger partial charge is 0.394 e. The molecular weight excluding hydrogens is 232 g/mol. The molecule has 0 unspecified atom stereocenters. The van der Waals surface area contributed by atoms with Crippen LogP contribution in [-0.4, -0.2) is 26.5 Å². The molecule has 98 valence electrons. The summed E-state index contributed by atoms with van der Waals surface area (Å²) in [6.45, 7) is 5.54. The van der Waals surface area contributed by atoms with Crippen LogP contribution in [0.25, 0.3) is 0 Å². The van der Waals surface area contributed by atoms with Crippen LogP contribution in [0.5, 0.6) is 0 Å². The van der Waals surface area contributed by atoms with Gasteiger partial charge in [-0.15, -0.1) is 0 Å². The maximum Gasteiger partial charge on any atom is 0.228 e. The summed E-state index contributed by atoms with van der Waals surface area (Å²) in [5.74, 6) is 1.48. The van der Waals surface area contributed by atoms with Crippen LogP contribution in [0.4, 0.5) is 11.5 Å². The summed E-state index contributed by atoms with van der Waals surface area (Å²) in [5, 5.41) is 11.2.